The Hall–Kier alpha value is -1.39. The van der Waals surface area contributed by atoms with Crippen LogP contribution in [0.4, 0.5) is 0 Å². The monoisotopic (exact) mass is 274 g/mol. The zero-order valence-corrected chi connectivity index (χ0v) is 11.7. The number of carbonyl (C=O) groups is 1. The maximum absolute atomic E-state index is 12.3. The van der Waals surface area contributed by atoms with Crippen LogP contribution in [0.2, 0.25) is 0 Å². The molecule has 108 valence electrons. The van der Waals surface area contributed by atoms with E-state index < -0.39 is 0 Å². The topological polar surface area (TPSA) is 66.6 Å². The smallest absolute Gasteiger partial charge is 0.227 e. The molecule has 1 heterocycles. The van der Waals surface area contributed by atoms with E-state index in [9.17, 15) is 4.79 Å². The lowest BCUT2D eigenvalue weighted by Crippen LogP contribution is -2.33. The molecule has 3 rings (SSSR count). The maximum atomic E-state index is 12.3. The van der Waals surface area contributed by atoms with Gasteiger partial charge in [-0.2, -0.15) is 0 Å². The normalized spacial score (nSPS) is 26.0. The van der Waals surface area contributed by atoms with Crippen molar-refractivity contribution in [1.82, 2.24) is 4.90 Å². The van der Waals surface area contributed by atoms with E-state index in [1.54, 1.807) is 0 Å². The van der Waals surface area contributed by atoms with Crippen LogP contribution in [0.3, 0.4) is 0 Å². The highest BCUT2D eigenvalue weighted by molar-refractivity contribution is 5.79. The predicted molar refractivity (Wildman–Crippen MR) is 76.8 cm³/mol. The highest BCUT2D eigenvalue weighted by Gasteiger charge is 2.41. The van der Waals surface area contributed by atoms with Crippen LogP contribution >= 0.6 is 0 Å². The molecule has 1 saturated heterocycles. The lowest BCUT2D eigenvalue weighted by Gasteiger charge is -2.16. The average molecular weight is 274 g/mol. The summed E-state index contributed by atoms with van der Waals surface area (Å²) < 4.78 is 0. The van der Waals surface area contributed by atoms with Gasteiger partial charge in [0.05, 0.1) is 13.0 Å². The molecule has 1 aromatic rings. The second-order valence-corrected chi connectivity index (χ2v) is 6.12. The van der Waals surface area contributed by atoms with Crippen molar-refractivity contribution in [3.63, 3.8) is 0 Å². The third-order valence-electron chi connectivity index (χ3n) is 4.55. The summed E-state index contributed by atoms with van der Waals surface area (Å²) in [5.74, 6) is 1.43. The fourth-order valence-corrected chi connectivity index (χ4v) is 3.13. The first-order valence-electron chi connectivity index (χ1n) is 7.39. The molecule has 4 heteroatoms. The number of nitrogens with two attached hydrogens (primary N) is 1. The van der Waals surface area contributed by atoms with Gasteiger partial charge in [0.1, 0.15) is 0 Å². The van der Waals surface area contributed by atoms with Crippen LogP contribution < -0.4 is 5.73 Å². The van der Waals surface area contributed by atoms with E-state index in [0.29, 0.717) is 18.9 Å². The summed E-state index contributed by atoms with van der Waals surface area (Å²) in [6.07, 6.45) is 2.99. The molecule has 3 N–H and O–H groups in total. The number of nitrogens with zero attached hydrogens (tertiary/aromatic N) is 1. The molecular weight excluding hydrogens is 252 g/mol. The molecule has 2 fully saturated rings. The van der Waals surface area contributed by atoms with E-state index in [4.69, 9.17) is 10.8 Å². The first-order chi connectivity index (χ1) is 9.67. The molecule has 0 radical (unpaired) electrons. The van der Waals surface area contributed by atoms with E-state index in [1.807, 2.05) is 29.2 Å². The van der Waals surface area contributed by atoms with Gasteiger partial charge in [-0.3, -0.25) is 4.79 Å². The van der Waals surface area contributed by atoms with Gasteiger partial charge in [-0.25, -0.2) is 0 Å². The van der Waals surface area contributed by atoms with Gasteiger partial charge in [0.25, 0.3) is 0 Å². The molecule has 1 aliphatic heterocycles. The summed E-state index contributed by atoms with van der Waals surface area (Å²) >= 11 is 0. The Morgan fingerprint density at radius 3 is 2.45 bits per heavy atom. The van der Waals surface area contributed by atoms with E-state index in [1.165, 1.54) is 12.8 Å². The number of rotatable bonds is 4. The van der Waals surface area contributed by atoms with Gasteiger partial charge in [0.15, 0.2) is 0 Å². The molecule has 0 bridgehead atoms. The number of amides is 1. The Morgan fingerprint density at radius 2 is 1.85 bits per heavy atom. The lowest BCUT2D eigenvalue weighted by atomic mass is 9.99. The molecule has 1 saturated carbocycles. The molecule has 2 atom stereocenters. The Bertz CT molecular complexity index is 482. The zero-order valence-electron chi connectivity index (χ0n) is 11.7. The molecule has 20 heavy (non-hydrogen) atoms. The van der Waals surface area contributed by atoms with E-state index in [2.05, 4.69) is 0 Å². The molecule has 0 unspecified atom stereocenters. The highest BCUT2D eigenvalue weighted by Crippen LogP contribution is 2.40. The van der Waals surface area contributed by atoms with Crippen LogP contribution in [0.1, 0.15) is 24.0 Å². The molecule has 0 aromatic heterocycles. The van der Waals surface area contributed by atoms with Crippen molar-refractivity contribution in [1.29, 1.82) is 0 Å². The largest absolute Gasteiger partial charge is 0.392 e. The number of hydrogen-bond donors (Lipinski definition) is 2. The SMILES string of the molecule is N[C@H]1CN(C(=O)Cc2ccc(CO)cc2)C[C@@H]1C1CC1. The first kappa shape index (κ1) is 13.6. The van der Waals surface area contributed by atoms with Crippen molar-refractivity contribution in [2.24, 2.45) is 17.6 Å². The van der Waals surface area contributed by atoms with Gasteiger partial charge in [-0.05, 0) is 35.8 Å². The second kappa shape index (κ2) is 5.54. The molecule has 1 aromatic carbocycles. The Balaban J connectivity index is 1.58. The minimum atomic E-state index is 0.0400. The van der Waals surface area contributed by atoms with E-state index >= 15 is 0 Å². The molecule has 1 aliphatic carbocycles. The Kier molecular flexibility index (Phi) is 3.76. The maximum Gasteiger partial charge on any atom is 0.227 e. The van der Waals surface area contributed by atoms with Gasteiger partial charge >= 0.3 is 0 Å². The number of aliphatic hydroxyl groups is 1. The van der Waals surface area contributed by atoms with Crippen LogP contribution in [0.15, 0.2) is 24.3 Å². The standard InChI is InChI=1S/C16H22N2O2/c17-15-9-18(8-14(15)13-5-6-13)16(20)7-11-1-3-12(10-19)4-2-11/h1-4,13-15,19H,5-10,17H2/t14-,15+/m1/s1. The van der Waals surface area contributed by atoms with Crippen molar-refractivity contribution in [2.75, 3.05) is 13.1 Å². The van der Waals surface area contributed by atoms with E-state index in [0.717, 1.165) is 23.6 Å². The van der Waals surface area contributed by atoms with Gasteiger partial charge in [0.2, 0.25) is 5.91 Å². The Morgan fingerprint density at radius 1 is 1.20 bits per heavy atom. The quantitative estimate of drug-likeness (QED) is 0.858. The van der Waals surface area contributed by atoms with Gasteiger partial charge < -0.3 is 15.7 Å². The summed E-state index contributed by atoms with van der Waals surface area (Å²) in [7, 11) is 0. The summed E-state index contributed by atoms with van der Waals surface area (Å²) in [5.41, 5.74) is 8.03. The predicted octanol–water partition coefficient (Wildman–Crippen LogP) is 0.917. The number of hydrogen-bond acceptors (Lipinski definition) is 3. The average Bonchev–Trinajstić information content (AvgIpc) is 3.22. The van der Waals surface area contributed by atoms with Crippen molar-refractivity contribution in [2.45, 2.75) is 31.9 Å². The minimum Gasteiger partial charge on any atom is -0.392 e. The molecule has 4 nitrogen and oxygen atoms in total. The Labute approximate surface area is 119 Å². The summed E-state index contributed by atoms with van der Waals surface area (Å²) in [5, 5.41) is 9.01. The van der Waals surface area contributed by atoms with Crippen molar-refractivity contribution >= 4 is 5.91 Å². The van der Waals surface area contributed by atoms with Crippen molar-refractivity contribution < 1.29 is 9.90 Å². The second-order valence-electron chi connectivity index (χ2n) is 6.12. The van der Waals surface area contributed by atoms with Crippen LogP contribution in [-0.4, -0.2) is 35.0 Å². The third-order valence-corrected chi connectivity index (χ3v) is 4.55. The fourth-order valence-electron chi connectivity index (χ4n) is 3.13. The first-order valence-corrected chi connectivity index (χ1v) is 7.39. The molecular formula is C16H22N2O2. The summed E-state index contributed by atoms with van der Waals surface area (Å²) in [4.78, 5) is 14.2. The van der Waals surface area contributed by atoms with Crippen LogP contribution in [0, 0.1) is 11.8 Å². The number of benzene rings is 1. The number of likely N-dealkylation sites (tertiary alicyclic amines) is 1. The van der Waals surface area contributed by atoms with Crippen LogP contribution in [0.5, 0.6) is 0 Å². The van der Waals surface area contributed by atoms with Crippen molar-refractivity contribution in [3.05, 3.63) is 35.4 Å². The lowest BCUT2D eigenvalue weighted by molar-refractivity contribution is -0.129. The third kappa shape index (κ3) is 2.86. The van der Waals surface area contributed by atoms with E-state index in [-0.39, 0.29) is 18.6 Å². The van der Waals surface area contributed by atoms with Gasteiger partial charge in [0, 0.05) is 19.1 Å². The van der Waals surface area contributed by atoms with Crippen molar-refractivity contribution in [3.8, 4) is 0 Å². The number of aliphatic hydroxyl groups excluding tert-OH is 1. The summed E-state index contributed by atoms with van der Waals surface area (Å²) in [6, 6.07) is 7.72. The zero-order chi connectivity index (χ0) is 14.1. The van der Waals surface area contributed by atoms with Gasteiger partial charge in [-0.1, -0.05) is 24.3 Å². The molecule has 0 spiro atoms. The van der Waals surface area contributed by atoms with Crippen LogP contribution in [0.25, 0.3) is 0 Å². The van der Waals surface area contributed by atoms with Crippen LogP contribution in [-0.2, 0) is 17.8 Å². The minimum absolute atomic E-state index is 0.0400. The number of carbonyl (C=O) groups excluding carboxylic acids is 1. The fraction of sp³-hybridized carbons (Fsp3) is 0.562. The highest BCUT2D eigenvalue weighted by atomic mass is 16.3. The van der Waals surface area contributed by atoms with Gasteiger partial charge in [-0.15, -0.1) is 0 Å². The molecule has 1 amide bonds. The summed E-state index contributed by atoms with van der Waals surface area (Å²) in [6.45, 7) is 1.58. The molecule has 2 aliphatic rings.